The van der Waals surface area contributed by atoms with Crippen molar-refractivity contribution in [2.75, 3.05) is 0 Å². The Kier molecular flexibility index (Phi) is 2.04. The van der Waals surface area contributed by atoms with E-state index in [1.54, 1.807) is 6.07 Å². The fourth-order valence-corrected chi connectivity index (χ4v) is 1.09. The molecule has 2 rings (SSSR count). The van der Waals surface area contributed by atoms with Crippen LogP contribution in [-0.4, -0.2) is 16.1 Å². The Labute approximate surface area is 79.0 Å². The van der Waals surface area contributed by atoms with Gasteiger partial charge < -0.3 is 9.72 Å². The van der Waals surface area contributed by atoms with Crippen LogP contribution in [0.15, 0.2) is 24.3 Å². The summed E-state index contributed by atoms with van der Waals surface area (Å²) in [5.74, 6) is 4.85. The lowest BCUT2D eigenvalue weighted by molar-refractivity contribution is 0.197. The van der Waals surface area contributed by atoms with E-state index in [-0.39, 0.29) is 6.01 Å². The van der Waals surface area contributed by atoms with Crippen molar-refractivity contribution in [3.8, 4) is 6.01 Å². The number of rotatable bonds is 1. The lowest BCUT2D eigenvalue weighted by atomic mass is 10.3. The summed E-state index contributed by atoms with van der Waals surface area (Å²) in [4.78, 5) is 17.6. The highest BCUT2D eigenvalue weighted by Gasteiger charge is 2.06. The average Bonchev–Trinajstić information content (AvgIpc) is 2.59. The molecular formula is C8H8N4O2. The predicted molar refractivity (Wildman–Crippen MR) is 49.4 cm³/mol. The third-order valence-electron chi connectivity index (χ3n) is 1.67. The van der Waals surface area contributed by atoms with Gasteiger partial charge in [-0.05, 0) is 12.1 Å². The molecule has 14 heavy (non-hydrogen) atoms. The maximum Gasteiger partial charge on any atom is 0.429 e. The number of carbonyl (C=O) groups excluding carboxylic acids is 1. The first-order valence-corrected chi connectivity index (χ1v) is 3.93. The minimum atomic E-state index is -0.760. The summed E-state index contributed by atoms with van der Waals surface area (Å²) >= 11 is 0. The number of nitrogens with one attached hydrogen (secondary N) is 2. The number of benzene rings is 1. The number of aromatic nitrogens is 2. The lowest BCUT2D eigenvalue weighted by Crippen LogP contribution is -2.33. The quantitative estimate of drug-likeness (QED) is 0.349. The van der Waals surface area contributed by atoms with E-state index in [2.05, 4.69) is 9.97 Å². The fourth-order valence-electron chi connectivity index (χ4n) is 1.09. The molecule has 0 aliphatic rings. The Morgan fingerprint density at radius 3 is 3.00 bits per heavy atom. The largest absolute Gasteiger partial charge is 0.429 e. The number of imidazole rings is 1. The molecule has 0 atom stereocenters. The highest BCUT2D eigenvalue weighted by Crippen LogP contribution is 2.14. The van der Waals surface area contributed by atoms with Crippen LogP contribution in [0.5, 0.6) is 6.01 Å². The van der Waals surface area contributed by atoms with Crippen LogP contribution in [0.2, 0.25) is 0 Å². The van der Waals surface area contributed by atoms with Gasteiger partial charge in [0.05, 0.1) is 11.0 Å². The number of nitrogens with two attached hydrogens (primary N) is 1. The van der Waals surface area contributed by atoms with E-state index in [1.807, 2.05) is 23.6 Å². The van der Waals surface area contributed by atoms with E-state index in [1.165, 1.54) is 0 Å². The molecule has 0 spiro atoms. The lowest BCUT2D eigenvalue weighted by Gasteiger charge is -1.96. The number of para-hydroxylation sites is 2. The molecule has 1 amide bonds. The number of nitrogens with zero attached hydrogens (tertiary/aromatic N) is 1. The van der Waals surface area contributed by atoms with E-state index in [4.69, 9.17) is 10.6 Å². The van der Waals surface area contributed by atoms with E-state index in [0.717, 1.165) is 11.0 Å². The summed E-state index contributed by atoms with van der Waals surface area (Å²) in [6.07, 6.45) is -0.760. The predicted octanol–water partition coefficient (Wildman–Crippen LogP) is 0.525. The Balaban J connectivity index is 2.31. The molecule has 1 heterocycles. The van der Waals surface area contributed by atoms with Gasteiger partial charge in [0, 0.05) is 0 Å². The van der Waals surface area contributed by atoms with E-state index >= 15 is 0 Å². The highest BCUT2D eigenvalue weighted by atomic mass is 16.6. The minimum Gasteiger partial charge on any atom is -0.375 e. The Bertz CT molecular complexity index is 432. The molecule has 0 unspecified atom stereocenters. The normalized spacial score (nSPS) is 10.1. The topological polar surface area (TPSA) is 93.0 Å². The highest BCUT2D eigenvalue weighted by molar-refractivity contribution is 5.76. The standard InChI is InChI=1S/C8H8N4O2/c9-12-8(13)14-7-10-5-3-1-2-4-6(5)11-7/h1-4H,9H2,(H,10,11)(H,12,13). The van der Waals surface area contributed by atoms with Gasteiger partial charge in [0.25, 0.3) is 0 Å². The molecule has 6 nitrogen and oxygen atoms in total. The van der Waals surface area contributed by atoms with Gasteiger partial charge >= 0.3 is 12.1 Å². The van der Waals surface area contributed by atoms with Gasteiger partial charge in [-0.25, -0.2) is 10.6 Å². The van der Waals surface area contributed by atoms with Crippen LogP contribution in [-0.2, 0) is 0 Å². The second-order valence-corrected chi connectivity index (χ2v) is 2.59. The SMILES string of the molecule is NNC(=O)Oc1nc2ccccc2[nH]1. The summed E-state index contributed by atoms with van der Waals surface area (Å²) in [5.41, 5.74) is 3.36. The Morgan fingerprint density at radius 1 is 1.50 bits per heavy atom. The molecule has 4 N–H and O–H groups in total. The van der Waals surface area contributed by atoms with Crippen LogP contribution in [0.4, 0.5) is 4.79 Å². The molecule has 0 saturated carbocycles. The van der Waals surface area contributed by atoms with E-state index in [0.29, 0.717) is 0 Å². The summed E-state index contributed by atoms with van der Waals surface area (Å²) in [6.45, 7) is 0. The maximum absolute atomic E-state index is 10.7. The molecule has 1 aromatic heterocycles. The number of hydrogen-bond acceptors (Lipinski definition) is 4. The Hall–Kier alpha value is -2.08. The van der Waals surface area contributed by atoms with Crippen LogP contribution in [0.3, 0.4) is 0 Å². The molecule has 0 fully saturated rings. The molecular weight excluding hydrogens is 184 g/mol. The zero-order valence-corrected chi connectivity index (χ0v) is 7.15. The summed E-state index contributed by atoms with van der Waals surface area (Å²) in [7, 11) is 0. The average molecular weight is 192 g/mol. The van der Waals surface area contributed by atoms with Gasteiger partial charge in [0.15, 0.2) is 0 Å². The van der Waals surface area contributed by atoms with Crippen molar-refractivity contribution >= 4 is 17.1 Å². The smallest absolute Gasteiger partial charge is 0.375 e. The number of carbonyl (C=O) groups is 1. The minimum absolute atomic E-state index is 0.120. The summed E-state index contributed by atoms with van der Waals surface area (Å²) in [5, 5.41) is 0. The molecule has 2 aromatic rings. The van der Waals surface area contributed by atoms with Gasteiger partial charge in [0.2, 0.25) is 0 Å². The van der Waals surface area contributed by atoms with Crippen molar-refractivity contribution < 1.29 is 9.53 Å². The van der Waals surface area contributed by atoms with Crippen LogP contribution < -0.4 is 16.0 Å². The summed E-state index contributed by atoms with van der Waals surface area (Å²) < 4.78 is 4.71. The van der Waals surface area contributed by atoms with Crippen LogP contribution in [0.25, 0.3) is 11.0 Å². The number of aromatic amines is 1. The maximum atomic E-state index is 10.7. The van der Waals surface area contributed by atoms with E-state index < -0.39 is 6.09 Å². The molecule has 0 aliphatic heterocycles. The van der Waals surface area contributed by atoms with E-state index in [9.17, 15) is 4.79 Å². The molecule has 0 bridgehead atoms. The first-order chi connectivity index (χ1) is 6.79. The molecule has 0 radical (unpaired) electrons. The monoisotopic (exact) mass is 192 g/mol. The van der Waals surface area contributed by atoms with Gasteiger partial charge in [-0.2, -0.15) is 4.98 Å². The van der Waals surface area contributed by atoms with Crippen molar-refractivity contribution in [1.29, 1.82) is 0 Å². The zero-order valence-electron chi connectivity index (χ0n) is 7.15. The number of amides is 1. The molecule has 0 aliphatic carbocycles. The molecule has 1 aromatic carbocycles. The van der Waals surface area contributed by atoms with Crippen molar-refractivity contribution in [3.05, 3.63) is 24.3 Å². The zero-order chi connectivity index (χ0) is 9.97. The fraction of sp³-hybridized carbons (Fsp3) is 0. The van der Waals surface area contributed by atoms with Crippen LogP contribution >= 0.6 is 0 Å². The second kappa shape index (κ2) is 3.35. The van der Waals surface area contributed by atoms with Gasteiger partial charge in [0.1, 0.15) is 0 Å². The van der Waals surface area contributed by atoms with Crippen LogP contribution in [0.1, 0.15) is 0 Å². The van der Waals surface area contributed by atoms with Gasteiger partial charge in [-0.1, -0.05) is 12.1 Å². The first-order valence-electron chi connectivity index (χ1n) is 3.93. The van der Waals surface area contributed by atoms with Crippen molar-refractivity contribution in [3.63, 3.8) is 0 Å². The van der Waals surface area contributed by atoms with Crippen molar-refractivity contribution in [2.24, 2.45) is 5.84 Å². The van der Waals surface area contributed by atoms with Crippen LogP contribution in [0, 0.1) is 0 Å². The summed E-state index contributed by atoms with van der Waals surface area (Å²) in [6, 6.07) is 7.45. The molecule has 72 valence electrons. The molecule has 0 saturated heterocycles. The van der Waals surface area contributed by atoms with Gasteiger partial charge in [-0.15, -0.1) is 0 Å². The second-order valence-electron chi connectivity index (χ2n) is 2.59. The number of fused-ring (bicyclic) bond motifs is 1. The van der Waals surface area contributed by atoms with Gasteiger partial charge in [-0.3, -0.25) is 5.43 Å². The third kappa shape index (κ3) is 1.50. The Morgan fingerprint density at radius 2 is 2.29 bits per heavy atom. The number of H-pyrrole nitrogens is 1. The number of hydrazine groups is 1. The van der Waals surface area contributed by atoms with Crippen molar-refractivity contribution in [1.82, 2.24) is 15.4 Å². The number of hydrogen-bond donors (Lipinski definition) is 3. The number of ether oxygens (including phenoxy) is 1. The third-order valence-corrected chi connectivity index (χ3v) is 1.67. The van der Waals surface area contributed by atoms with Crippen molar-refractivity contribution in [2.45, 2.75) is 0 Å². The molecule has 6 heteroatoms. The first kappa shape index (κ1) is 8.52.